The number of nitrogens with one attached hydrogen (secondary N) is 1. The van der Waals surface area contributed by atoms with Gasteiger partial charge in [0.25, 0.3) is 0 Å². The first kappa shape index (κ1) is 18.1. The van der Waals surface area contributed by atoms with Crippen molar-refractivity contribution in [2.75, 3.05) is 5.32 Å². The predicted molar refractivity (Wildman–Crippen MR) is 68.2 cm³/mol. The van der Waals surface area contributed by atoms with Crippen LogP contribution in [-0.2, 0) is 11.0 Å². The number of carbonyl (C=O) groups is 1. The standard InChI is InChI=1S/C9H13F3N4OS.ClH/c1-3-4(2)5(13)6(17)14-8-16-15-7(18-8)9(10,11)12;/h4-5H,3,13H2,1-2H3,(H,14,16,17);1H. The highest BCUT2D eigenvalue weighted by molar-refractivity contribution is 7.15. The van der Waals surface area contributed by atoms with Gasteiger partial charge in [-0.3, -0.25) is 10.1 Å². The molecule has 110 valence electrons. The molecule has 1 aromatic rings. The fraction of sp³-hybridized carbons (Fsp3) is 0.667. The van der Waals surface area contributed by atoms with Gasteiger partial charge >= 0.3 is 6.18 Å². The van der Waals surface area contributed by atoms with Crippen molar-refractivity contribution in [3.05, 3.63) is 5.01 Å². The zero-order valence-electron chi connectivity index (χ0n) is 10.2. The molecule has 0 fully saturated rings. The molecular formula is C9H14ClF3N4OS. The van der Waals surface area contributed by atoms with E-state index in [1.165, 1.54) is 0 Å². The molecule has 0 radical (unpaired) electrons. The minimum Gasteiger partial charge on any atom is -0.320 e. The average molecular weight is 319 g/mol. The molecule has 19 heavy (non-hydrogen) atoms. The number of anilines is 1. The van der Waals surface area contributed by atoms with Crippen molar-refractivity contribution < 1.29 is 18.0 Å². The van der Waals surface area contributed by atoms with Crippen LogP contribution in [0.25, 0.3) is 0 Å². The predicted octanol–water partition coefficient (Wildman–Crippen LogP) is 2.29. The quantitative estimate of drug-likeness (QED) is 0.892. The summed E-state index contributed by atoms with van der Waals surface area (Å²) >= 11 is 0.270. The van der Waals surface area contributed by atoms with Gasteiger partial charge in [-0.1, -0.05) is 31.6 Å². The van der Waals surface area contributed by atoms with Gasteiger partial charge in [0.2, 0.25) is 16.0 Å². The van der Waals surface area contributed by atoms with Crippen LogP contribution in [0.1, 0.15) is 25.3 Å². The third-order valence-corrected chi connectivity index (χ3v) is 3.34. The number of amides is 1. The number of halogens is 4. The lowest BCUT2D eigenvalue weighted by Gasteiger charge is -2.16. The summed E-state index contributed by atoms with van der Waals surface area (Å²) < 4.78 is 36.8. The molecule has 1 amide bonds. The van der Waals surface area contributed by atoms with Gasteiger partial charge in [-0.15, -0.1) is 22.6 Å². The number of aromatic nitrogens is 2. The molecule has 5 nitrogen and oxygen atoms in total. The molecule has 1 heterocycles. The maximum Gasteiger partial charge on any atom is 0.445 e. The number of hydrogen-bond donors (Lipinski definition) is 2. The molecule has 10 heteroatoms. The van der Waals surface area contributed by atoms with Crippen molar-refractivity contribution in [1.29, 1.82) is 0 Å². The molecular weight excluding hydrogens is 305 g/mol. The molecule has 0 aliphatic carbocycles. The first-order valence-electron chi connectivity index (χ1n) is 5.22. The fourth-order valence-electron chi connectivity index (χ4n) is 1.09. The molecule has 0 aromatic carbocycles. The molecule has 0 saturated carbocycles. The van der Waals surface area contributed by atoms with Gasteiger partial charge < -0.3 is 5.73 Å². The summed E-state index contributed by atoms with van der Waals surface area (Å²) in [6.45, 7) is 3.65. The monoisotopic (exact) mass is 318 g/mol. The molecule has 0 spiro atoms. The molecule has 0 aliphatic heterocycles. The SMILES string of the molecule is CCC(C)C(N)C(=O)Nc1nnc(C(F)(F)F)s1.Cl. The van der Waals surface area contributed by atoms with Gasteiger partial charge in [-0.25, -0.2) is 0 Å². The van der Waals surface area contributed by atoms with Crippen LogP contribution in [0.2, 0.25) is 0 Å². The van der Waals surface area contributed by atoms with Crippen molar-refractivity contribution in [2.45, 2.75) is 32.5 Å². The smallest absolute Gasteiger partial charge is 0.320 e. The van der Waals surface area contributed by atoms with Crippen molar-refractivity contribution >= 4 is 34.8 Å². The van der Waals surface area contributed by atoms with Gasteiger partial charge in [0.05, 0.1) is 6.04 Å². The largest absolute Gasteiger partial charge is 0.445 e. The summed E-state index contributed by atoms with van der Waals surface area (Å²) in [4.78, 5) is 11.6. The highest BCUT2D eigenvalue weighted by atomic mass is 35.5. The fourth-order valence-corrected chi connectivity index (χ4v) is 1.70. The summed E-state index contributed by atoms with van der Waals surface area (Å²) in [5.74, 6) is -0.630. The molecule has 0 bridgehead atoms. The lowest BCUT2D eigenvalue weighted by Crippen LogP contribution is -2.40. The first-order valence-corrected chi connectivity index (χ1v) is 6.04. The van der Waals surface area contributed by atoms with Crippen molar-refractivity contribution in [1.82, 2.24) is 10.2 Å². The van der Waals surface area contributed by atoms with Crippen LogP contribution in [0, 0.1) is 5.92 Å². The Balaban J connectivity index is 0.00000324. The van der Waals surface area contributed by atoms with E-state index >= 15 is 0 Å². The molecule has 1 aromatic heterocycles. The van der Waals surface area contributed by atoms with Crippen LogP contribution in [0.5, 0.6) is 0 Å². The lowest BCUT2D eigenvalue weighted by molar-refractivity contribution is -0.138. The molecule has 0 saturated heterocycles. The molecule has 2 unspecified atom stereocenters. The molecule has 1 rings (SSSR count). The second-order valence-electron chi connectivity index (χ2n) is 3.81. The number of nitrogens with two attached hydrogens (primary N) is 1. The number of hydrogen-bond acceptors (Lipinski definition) is 5. The normalized spacial score (nSPS) is 14.4. The number of carbonyl (C=O) groups excluding carboxylic acids is 1. The maximum absolute atomic E-state index is 12.3. The Morgan fingerprint density at radius 3 is 2.47 bits per heavy atom. The Morgan fingerprint density at radius 2 is 2.05 bits per heavy atom. The number of alkyl halides is 3. The Labute approximate surface area is 118 Å². The van der Waals surface area contributed by atoms with E-state index in [0.29, 0.717) is 6.42 Å². The van der Waals surface area contributed by atoms with E-state index in [-0.39, 0.29) is 34.8 Å². The van der Waals surface area contributed by atoms with Crippen LogP contribution >= 0.6 is 23.7 Å². The average Bonchev–Trinajstić information content (AvgIpc) is 2.75. The topological polar surface area (TPSA) is 80.9 Å². The van der Waals surface area contributed by atoms with Gasteiger partial charge in [0, 0.05) is 0 Å². The van der Waals surface area contributed by atoms with E-state index in [2.05, 4.69) is 15.5 Å². The summed E-state index contributed by atoms with van der Waals surface area (Å²) in [6.07, 6.45) is -3.86. The molecule has 0 aliphatic rings. The van der Waals surface area contributed by atoms with Crippen molar-refractivity contribution in [3.63, 3.8) is 0 Å². The van der Waals surface area contributed by atoms with E-state index in [4.69, 9.17) is 5.73 Å². The zero-order valence-corrected chi connectivity index (χ0v) is 11.8. The summed E-state index contributed by atoms with van der Waals surface area (Å²) in [5.41, 5.74) is 5.63. The van der Waals surface area contributed by atoms with E-state index in [9.17, 15) is 18.0 Å². The van der Waals surface area contributed by atoms with Crippen molar-refractivity contribution in [2.24, 2.45) is 11.7 Å². The maximum atomic E-state index is 12.3. The minimum atomic E-state index is -4.56. The van der Waals surface area contributed by atoms with E-state index in [1.807, 2.05) is 6.92 Å². The summed E-state index contributed by atoms with van der Waals surface area (Å²) in [7, 11) is 0. The zero-order chi connectivity index (χ0) is 13.9. The van der Waals surface area contributed by atoms with Crippen LogP contribution in [0.15, 0.2) is 0 Å². The third kappa shape index (κ3) is 4.92. The van der Waals surface area contributed by atoms with Gasteiger partial charge in [0.1, 0.15) is 0 Å². The molecule has 2 atom stereocenters. The summed E-state index contributed by atoms with van der Waals surface area (Å²) in [6, 6.07) is -0.784. The summed E-state index contributed by atoms with van der Waals surface area (Å²) in [5, 5.41) is 7.13. The second kappa shape index (κ2) is 7.01. The molecule has 3 N–H and O–H groups in total. The Morgan fingerprint density at radius 1 is 1.47 bits per heavy atom. The Hall–Kier alpha value is -0.930. The van der Waals surface area contributed by atoms with Gasteiger partial charge in [0.15, 0.2) is 0 Å². The number of rotatable bonds is 4. The minimum absolute atomic E-state index is 0. The highest BCUT2D eigenvalue weighted by Gasteiger charge is 2.36. The number of nitrogens with zero attached hydrogens (tertiary/aromatic N) is 2. The first-order chi connectivity index (χ1) is 8.25. The third-order valence-electron chi connectivity index (χ3n) is 2.46. The van der Waals surface area contributed by atoms with Crippen molar-refractivity contribution in [3.8, 4) is 0 Å². The lowest BCUT2D eigenvalue weighted by atomic mass is 10.00. The van der Waals surface area contributed by atoms with Gasteiger partial charge in [-0.2, -0.15) is 13.2 Å². The van der Waals surface area contributed by atoms with E-state index in [1.54, 1.807) is 6.92 Å². The Bertz CT molecular complexity index is 426. The van der Waals surface area contributed by atoms with E-state index in [0.717, 1.165) is 0 Å². The Kier molecular flexibility index (Phi) is 6.67. The van der Waals surface area contributed by atoms with Crippen LogP contribution in [0.3, 0.4) is 0 Å². The van der Waals surface area contributed by atoms with Gasteiger partial charge in [-0.05, 0) is 5.92 Å². The highest BCUT2D eigenvalue weighted by Crippen LogP contribution is 2.33. The van der Waals surface area contributed by atoms with E-state index < -0.39 is 23.1 Å². The second-order valence-corrected chi connectivity index (χ2v) is 4.79. The van der Waals surface area contributed by atoms with Crippen LogP contribution in [-0.4, -0.2) is 22.1 Å². The van der Waals surface area contributed by atoms with Crippen LogP contribution < -0.4 is 11.1 Å². The van der Waals surface area contributed by atoms with Crippen LogP contribution in [0.4, 0.5) is 18.3 Å².